The van der Waals surface area contributed by atoms with E-state index in [1.165, 1.54) is 44.9 Å². The van der Waals surface area contributed by atoms with E-state index in [1.807, 2.05) is 0 Å². The largest absolute Gasteiger partial charge is 0.319 e. The van der Waals surface area contributed by atoms with E-state index in [9.17, 15) is 0 Å². The Balaban J connectivity index is 3.68. The Bertz CT molecular complexity index is 154. The minimum absolute atomic E-state index is 0.486. The Labute approximate surface area is 103 Å². The van der Waals surface area contributed by atoms with Crippen LogP contribution in [0.25, 0.3) is 0 Å². The van der Waals surface area contributed by atoms with Gasteiger partial charge in [-0.05, 0) is 24.8 Å². The molecule has 0 saturated heterocycles. The highest BCUT2D eigenvalue weighted by atomic mass is 14.8. The van der Waals surface area contributed by atoms with Crippen LogP contribution in [0.4, 0.5) is 0 Å². The normalized spacial score (nSPS) is 15.4. The average Bonchev–Trinajstić information content (AvgIpc) is 2.23. The van der Waals surface area contributed by atoms with Gasteiger partial charge in [0.25, 0.3) is 0 Å². The van der Waals surface area contributed by atoms with Crippen molar-refractivity contribution in [3.63, 3.8) is 0 Å². The first-order valence-electron chi connectivity index (χ1n) is 7.21. The van der Waals surface area contributed by atoms with E-state index in [4.69, 9.17) is 0 Å². The minimum atomic E-state index is 0.486. The van der Waals surface area contributed by atoms with E-state index >= 15 is 0 Å². The second kappa shape index (κ2) is 9.04. The van der Waals surface area contributed by atoms with Gasteiger partial charge in [-0.1, -0.05) is 66.2 Å². The first-order chi connectivity index (χ1) is 7.56. The van der Waals surface area contributed by atoms with Gasteiger partial charge in [-0.25, -0.2) is 0 Å². The van der Waals surface area contributed by atoms with Gasteiger partial charge in [-0.15, -0.1) is 0 Å². The Morgan fingerprint density at radius 1 is 1.00 bits per heavy atom. The molecule has 1 unspecified atom stereocenters. The molecule has 1 heteroatoms. The molecule has 16 heavy (non-hydrogen) atoms. The zero-order valence-corrected chi connectivity index (χ0v) is 12.2. The van der Waals surface area contributed by atoms with Gasteiger partial charge in [-0.2, -0.15) is 0 Å². The third kappa shape index (κ3) is 6.52. The van der Waals surface area contributed by atoms with Crippen LogP contribution in [-0.2, 0) is 0 Å². The molecule has 0 aliphatic heterocycles. The van der Waals surface area contributed by atoms with E-state index in [0.717, 1.165) is 12.5 Å². The molecular weight excluding hydrogens is 194 g/mol. The van der Waals surface area contributed by atoms with Crippen molar-refractivity contribution < 1.29 is 0 Å². The fraction of sp³-hybridized carbons (Fsp3) is 1.00. The summed E-state index contributed by atoms with van der Waals surface area (Å²) >= 11 is 0. The van der Waals surface area contributed by atoms with Crippen molar-refractivity contribution in [1.29, 1.82) is 0 Å². The molecule has 1 nitrogen and oxygen atoms in total. The van der Waals surface area contributed by atoms with Crippen molar-refractivity contribution in [3.05, 3.63) is 0 Å². The van der Waals surface area contributed by atoms with Gasteiger partial charge in [0.15, 0.2) is 0 Å². The minimum Gasteiger partial charge on any atom is -0.319 e. The van der Waals surface area contributed by atoms with Crippen molar-refractivity contribution >= 4 is 0 Å². The summed E-state index contributed by atoms with van der Waals surface area (Å²) < 4.78 is 0. The molecule has 0 aliphatic carbocycles. The lowest BCUT2D eigenvalue weighted by atomic mass is 9.75. The Morgan fingerprint density at radius 2 is 1.56 bits per heavy atom. The fourth-order valence-electron chi connectivity index (χ4n) is 2.29. The number of nitrogens with one attached hydrogen (secondary N) is 1. The van der Waals surface area contributed by atoms with Gasteiger partial charge in [0.05, 0.1) is 0 Å². The molecule has 0 bridgehead atoms. The van der Waals surface area contributed by atoms with Crippen molar-refractivity contribution in [2.75, 3.05) is 13.6 Å². The second-order valence-corrected chi connectivity index (χ2v) is 5.86. The van der Waals surface area contributed by atoms with Gasteiger partial charge in [-0.3, -0.25) is 0 Å². The number of rotatable bonds is 10. The maximum Gasteiger partial charge on any atom is 0.000461 e. The average molecular weight is 227 g/mol. The van der Waals surface area contributed by atoms with Gasteiger partial charge in [0, 0.05) is 6.54 Å². The molecule has 0 spiro atoms. The molecule has 0 aliphatic rings. The quantitative estimate of drug-likeness (QED) is 0.537. The monoisotopic (exact) mass is 227 g/mol. The molecule has 0 heterocycles. The van der Waals surface area contributed by atoms with Crippen LogP contribution in [-0.4, -0.2) is 13.6 Å². The fourth-order valence-corrected chi connectivity index (χ4v) is 2.29. The van der Waals surface area contributed by atoms with Gasteiger partial charge in [0.2, 0.25) is 0 Å². The third-order valence-electron chi connectivity index (χ3n) is 4.08. The summed E-state index contributed by atoms with van der Waals surface area (Å²) in [5.74, 6) is 0.774. The molecule has 1 atom stereocenters. The van der Waals surface area contributed by atoms with Gasteiger partial charge in [0.1, 0.15) is 0 Å². The summed E-state index contributed by atoms with van der Waals surface area (Å²) in [6.07, 6.45) is 9.83. The summed E-state index contributed by atoms with van der Waals surface area (Å²) in [4.78, 5) is 0. The zero-order chi connectivity index (χ0) is 12.4. The first kappa shape index (κ1) is 16.0. The molecule has 0 radical (unpaired) electrons. The lowest BCUT2D eigenvalue weighted by Gasteiger charge is -2.34. The van der Waals surface area contributed by atoms with E-state index < -0.39 is 0 Å². The molecule has 0 aromatic rings. The maximum atomic E-state index is 3.35. The number of hydrogen-bond donors (Lipinski definition) is 1. The van der Waals surface area contributed by atoms with E-state index in [0.29, 0.717) is 5.41 Å². The van der Waals surface area contributed by atoms with Crippen LogP contribution in [0.5, 0.6) is 0 Å². The molecule has 0 fully saturated rings. The standard InChI is InChI=1S/C15H33N/c1-6-7-8-9-10-11-12-15(4,13-16-5)14(2)3/h14,16H,6-13H2,1-5H3. The van der Waals surface area contributed by atoms with E-state index in [-0.39, 0.29) is 0 Å². The zero-order valence-electron chi connectivity index (χ0n) is 12.2. The molecule has 0 aromatic carbocycles. The molecule has 1 N–H and O–H groups in total. The van der Waals surface area contributed by atoms with Crippen LogP contribution < -0.4 is 5.32 Å². The highest BCUT2D eigenvalue weighted by Crippen LogP contribution is 2.32. The maximum absolute atomic E-state index is 3.35. The molecule has 0 saturated carbocycles. The molecule has 98 valence electrons. The summed E-state index contributed by atoms with van der Waals surface area (Å²) in [5.41, 5.74) is 0.486. The third-order valence-corrected chi connectivity index (χ3v) is 4.08. The first-order valence-corrected chi connectivity index (χ1v) is 7.21. The summed E-state index contributed by atoms with van der Waals surface area (Å²) in [6.45, 7) is 10.6. The van der Waals surface area contributed by atoms with Crippen molar-refractivity contribution in [2.45, 2.75) is 72.6 Å². The highest BCUT2D eigenvalue weighted by Gasteiger charge is 2.26. The van der Waals surface area contributed by atoms with Crippen LogP contribution in [0.15, 0.2) is 0 Å². The van der Waals surface area contributed by atoms with Crippen molar-refractivity contribution in [2.24, 2.45) is 11.3 Å². The molecule has 0 amide bonds. The Hall–Kier alpha value is -0.0400. The Morgan fingerprint density at radius 3 is 2.06 bits per heavy atom. The number of unbranched alkanes of at least 4 members (excludes halogenated alkanes) is 5. The lowest BCUT2D eigenvalue weighted by molar-refractivity contribution is 0.189. The summed E-state index contributed by atoms with van der Waals surface area (Å²) in [6, 6.07) is 0. The van der Waals surface area contributed by atoms with Gasteiger partial charge < -0.3 is 5.32 Å². The van der Waals surface area contributed by atoms with Crippen LogP contribution >= 0.6 is 0 Å². The van der Waals surface area contributed by atoms with E-state index in [1.54, 1.807) is 0 Å². The lowest BCUT2D eigenvalue weighted by Crippen LogP contribution is -2.34. The van der Waals surface area contributed by atoms with Crippen molar-refractivity contribution in [1.82, 2.24) is 5.32 Å². The summed E-state index contributed by atoms with van der Waals surface area (Å²) in [7, 11) is 2.07. The SMILES string of the molecule is CCCCCCCCC(C)(CNC)C(C)C. The van der Waals surface area contributed by atoms with Crippen LogP contribution in [0.2, 0.25) is 0 Å². The predicted octanol–water partition coefficient (Wildman–Crippen LogP) is 4.62. The topological polar surface area (TPSA) is 12.0 Å². The van der Waals surface area contributed by atoms with Gasteiger partial charge >= 0.3 is 0 Å². The van der Waals surface area contributed by atoms with E-state index in [2.05, 4.69) is 40.1 Å². The molecule has 0 aromatic heterocycles. The highest BCUT2D eigenvalue weighted by molar-refractivity contribution is 4.79. The summed E-state index contributed by atoms with van der Waals surface area (Å²) in [5, 5.41) is 3.35. The van der Waals surface area contributed by atoms with Crippen LogP contribution in [0.3, 0.4) is 0 Å². The van der Waals surface area contributed by atoms with Crippen LogP contribution in [0.1, 0.15) is 72.6 Å². The smallest absolute Gasteiger partial charge is 0.000461 e. The van der Waals surface area contributed by atoms with Crippen molar-refractivity contribution in [3.8, 4) is 0 Å². The second-order valence-electron chi connectivity index (χ2n) is 5.86. The molecular formula is C15H33N. The Kier molecular flexibility index (Phi) is 9.02. The van der Waals surface area contributed by atoms with Crippen LogP contribution in [0, 0.1) is 11.3 Å². The molecule has 0 rings (SSSR count). The number of hydrogen-bond acceptors (Lipinski definition) is 1. The predicted molar refractivity (Wildman–Crippen MR) is 74.9 cm³/mol.